The Hall–Kier alpha value is -1.06. The van der Waals surface area contributed by atoms with Gasteiger partial charge >= 0.3 is 0 Å². The van der Waals surface area contributed by atoms with Crippen molar-refractivity contribution in [1.82, 2.24) is 5.06 Å². The van der Waals surface area contributed by atoms with Crippen molar-refractivity contribution < 1.29 is 9.57 Å². The molecule has 0 bridgehead atoms. The normalized spacial score (nSPS) is 28.4. The number of ether oxygens (including phenoxy) is 1. The number of rotatable bonds is 2. The Morgan fingerprint density at radius 1 is 1.41 bits per heavy atom. The fourth-order valence-corrected chi connectivity index (χ4v) is 3.05. The maximum Gasteiger partial charge on any atom is 0.125 e. The van der Waals surface area contributed by atoms with Gasteiger partial charge in [-0.2, -0.15) is 5.06 Å². The third-order valence-electron chi connectivity index (χ3n) is 3.90. The Bertz CT molecular complexity index is 407. The first-order chi connectivity index (χ1) is 8.29. The average molecular weight is 233 g/mol. The van der Waals surface area contributed by atoms with Crippen LogP contribution in [0.25, 0.3) is 0 Å². The van der Waals surface area contributed by atoms with Crippen LogP contribution in [0.2, 0.25) is 0 Å². The minimum Gasteiger partial charge on any atom is -0.496 e. The summed E-state index contributed by atoms with van der Waals surface area (Å²) in [5, 5.41) is 2.16. The topological polar surface area (TPSA) is 21.7 Å². The number of hydrogen-bond donors (Lipinski definition) is 0. The van der Waals surface area contributed by atoms with E-state index in [9.17, 15) is 0 Å². The van der Waals surface area contributed by atoms with E-state index in [0.717, 1.165) is 18.7 Å². The number of methoxy groups -OCH3 is 1. The summed E-state index contributed by atoms with van der Waals surface area (Å²) in [5.74, 6) is 0.955. The van der Waals surface area contributed by atoms with Crippen LogP contribution in [0.3, 0.4) is 0 Å². The molecule has 3 rings (SSSR count). The number of hydroxylamine groups is 2. The Labute approximate surface area is 102 Å². The van der Waals surface area contributed by atoms with E-state index < -0.39 is 0 Å². The van der Waals surface area contributed by atoms with Gasteiger partial charge in [-0.05, 0) is 37.8 Å². The lowest BCUT2D eigenvalue weighted by molar-refractivity contribution is -0.149. The number of aryl methyl sites for hydroxylation is 1. The number of benzene rings is 1. The maximum absolute atomic E-state index is 6.05. The Kier molecular flexibility index (Phi) is 2.81. The van der Waals surface area contributed by atoms with E-state index in [0.29, 0.717) is 6.04 Å². The molecule has 1 aromatic rings. The monoisotopic (exact) mass is 233 g/mol. The van der Waals surface area contributed by atoms with Gasteiger partial charge in [-0.25, -0.2) is 0 Å². The van der Waals surface area contributed by atoms with E-state index in [-0.39, 0.29) is 6.10 Å². The molecule has 92 valence electrons. The number of fused-ring (bicyclic) bond motifs is 1. The minimum absolute atomic E-state index is 0.177. The Morgan fingerprint density at radius 2 is 2.29 bits per heavy atom. The van der Waals surface area contributed by atoms with E-state index in [1.807, 2.05) is 12.1 Å². The highest BCUT2D eigenvalue weighted by molar-refractivity contribution is 5.41. The standard InChI is InChI=1S/C14H19NO2/c1-10-5-3-7-12(16-2)14(10)13-9-11-6-4-8-15(11)17-13/h3,5,7,11,13H,4,6,8-9H2,1-2H3/t11-,13+/m1/s1. The summed E-state index contributed by atoms with van der Waals surface area (Å²) in [6, 6.07) is 6.80. The van der Waals surface area contributed by atoms with E-state index >= 15 is 0 Å². The van der Waals surface area contributed by atoms with Crippen molar-refractivity contribution in [3.05, 3.63) is 29.3 Å². The molecule has 2 aliphatic heterocycles. The highest BCUT2D eigenvalue weighted by atomic mass is 16.7. The molecular formula is C14H19NO2. The molecule has 2 aliphatic rings. The van der Waals surface area contributed by atoms with Gasteiger partial charge in [-0.1, -0.05) is 12.1 Å². The predicted octanol–water partition coefficient (Wildman–Crippen LogP) is 2.84. The second kappa shape index (κ2) is 4.31. The van der Waals surface area contributed by atoms with Crippen LogP contribution in [0.4, 0.5) is 0 Å². The Balaban J connectivity index is 1.90. The zero-order chi connectivity index (χ0) is 11.8. The zero-order valence-corrected chi connectivity index (χ0v) is 10.5. The molecule has 17 heavy (non-hydrogen) atoms. The smallest absolute Gasteiger partial charge is 0.125 e. The zero-order valence-electron chi connectivity index (χ0n) is 10.5. The van der Waals surface area contributed by atoms with Crippen LogP contribution in [0.1, 0.15) is 36.5 Å². The first kappa shape index (κ1) is 11.1. The largest absolute Gasteiger partial charge is 0.496 e. The van der Waals surface area contributed by atoms with Crippen molar-refractivity contribution in [2.45, 2.75) is 38.3 Å². The van der Waals surface area contributed by atoms with Gasteiger partial charge in [-0.3, -0.25) is 4.84 Å². The highest BCUT2D eigenvalue weighted by Crippen LogP contribution is 2.42. The summed E-state index contributed by atoms with van der Waals surface area (Å²) in [5.41, 5.74) is 2.49. The van der Waals surface area contributed by atoms with E-state index in [1.54, 1.807) is 7.11 Å². The SMILES string of the molecule is COc1cccc(C)c1[C@@H]1C[C@H]2CCCN2O1. The molecule has 2 saturated heterocycles. The molecule has 0 N–H and O–H groups in total. The van der Waals surface area contributed by atoms with Crippen molar-refractivity contribution in [1.29, 1.82) is 0 Å². The van der Waals surface area contributed by atoms with Crippen molar-refractivity contribution >= 4 is 0 Å². The summed E-state index contributed by atoms with van der Waals surface area (Å²) in [4.78, 5) is 6.05. The van der Waals surface area contributed by atoms with Gasteiger partial charge in [-0.15, -0.1) is 0 Å². The van der Waals surface area contributed by atoms with Gasteiger partial charge in [0.2, 0.25) is 0 Å². The molecule has 0 amide bonds. The van der Waals surface area contributed by atoms with Crippen molar-refractivity contribution in [2.75, 3.05) is 13.7 Å². The van der Waals surface area contributed by atoms with Crippen LogP contribution in [-0.4, -0.2) is 24.8 Å². The fourth-order valence-electron chi connectivity index (χ4n) is 3.05. The Morgan fingerprint density at radius 3 is 3.06 bits per heavy atom. The molecule has 0 saturated carbocycles. The van der Waals surface area contributed by atoms with Crippen LogP contribution >= 0.6 is 0 Å². The molecule has 0 radical (unpaired) electrons. The molecule has 0 aliphatic carbocycles. The summed E-state index contributed by atoms with van der Waals surface area (Å²) < 4.78 is 5.46. The van der Waals surface area contributed by atoms with Gasteiger partial charge < -0.3 is 4.74 Å². The van der Waals surface area contributed by atoms with Gasteiger partial charge in [0.05, 0.1) is 7.11 Å². The van der Waals surface area contributed by atoms with Gasteiger partial charge in [0.25, 0.3) is 0 Å². The average Bonchev–Trinajstić information content (AvgIpc) is 2.88. The van der Waals surface area contributed by atoms with Gasteiger partial charge in [0.1, 0.15) is 11.9 Å². The molecule has 0 spiro atoms. The van der Waals surface area contributed by atoms with Gasteiger partial charge in [0, 0.05) is 18.2 Å². The van der Waals surface area contributed by atoms with Crippen LogP contribution in [0.15, 0.2) is 18.2 Å². The van der Waals surface area contributed by atoms with Crippen molar-refractivity contribution in [3.63, 3.8) is 0 Å². The van der Waals surface area contributed by atoms with E-state index in [4.69, 9.17) is 9.57 Å². The molecule has 2 atom stereocenters. The van der Waals surface area contributed by atoms with Crippen molar-refractivity contribution in [3.8, 4) is 5.75 Å². The second-order valence-electron chi connectivity index (χ2n) is 4.96. The molecule has 2 fully saturated rings. The van der Waals surface area contributed by atoms with E-state index in [1.165, 1.54) is 24.0 Å². The molecular weight excluding hydrogens is 214 g/mol. The maximum atomic E-state index is 6.05. The number of nitrogens with zero attached hydrogens (tertiary/aromatic N) is 1. The van der Waals surface area contributed by atoms with Crippen LogP contribution < -0.4 is 4.74 Å². The van der Waals surface area contributed by atoms with Crippen LogP contribution in [0.5, 0.6) is 5.75 Å². The molecule has 0 aromatic heterocycles. The summed E-state index contributed by atoms with van der Waals surface area (Å²) in [6.45, 7) is 3.21. The number of hydrogen-bond acceptors (Lipinski definition) is 3. The van der Waals surface area contributed by atoms with Gasteiger partial charge in [0.15, 0.2) is 0 Å². The summed E-state index contributed by atoms with van der Waals surface area (Å²) in [7, 11) is 1.73. The lowest BCUT2D eigenvalue weighted by atomic mass is 9.97. The first-order valence-electron chi connectivity index (χ1n) is 6.36. The fraction of sp³-hybridized carbons (Fsp3) is 0.571. The molecule has 3 nitrogen and oxygen atoms in total. The molecule has 0 unspecified atom stereocenters. The quantitative estimate of drug-likeness (QED) is 0.784. The lowest BCUT2D eigenvalue weighted by Crippen LogP contribution is -2.20. The highest BCUT2D eigenvalue weighted by Gasteiger charge is 2.38. The third kappa shape index (κ3) is 1.83. The minimum atomic E-state index is 0.177. The van der Waals surface area contributed by atoms with Crippen LogP contribution in [0, 0.1) is 6.92 Å². The molecule has 1 aromatic carbocycles. The van der Waals surface area contributed by atoms with Crippen LogP contribution in [-0.2, 0) is 4.84 Å². The third-order valence-corrected chi connectivity index (χ3v) is 3.90. The summed E-state index contributed by atoms with van der Waals surface area (Å²) in [6.07, 6.45) is 3.81. The first-order valence-corrected chi connectivity index (χ1v) is 6.36. The lowest BCUT2D eigenvalue weighted by Gasteiger charge is -2.18. The predicted molar refractivity (Wildman–Crippen MR) is 65.9 cm³/mol. The molecule has 3 heteroatoms. The van der Waals surface area contributed by atoms with E-state index in [2.05, 4.69) is 18.1 Å². The summed E-state index contributed by atoms with van der Waals surface area (Å²) >= 11 is 0. The molecule has 2 heterocycles. The van der Waals surface area contributed by atoms with Crippen molar-refractivity contribution in [2.24, 2.45) is 0 Å². The second-order valence-corrected chi connectivity index (χ2v) is 4.96.